The first-order valence-electron chi connectivity index (χ1n) is 10.3. The molecular weight excluding hydrogens is 460 g/mol. The number of carbonyl (C=O) groups excluding carboxylic acids is 3. The molecule has 5 atom stereocenters. The predicted molar refractivity (Wildman–Crippen MR) is 118 cm³/mol. The molecular formula is C19H32N4O9S. The first-order chi connectivity index (χ1) is 15.3. The van der Waals surface area contributed by atoms with Gasteiger partial charge in [0.15, 0.2) is 0 Å². The van der Waals surface area contributed by atoms with Gasteiger partial charge in [-0.15, -0.1) is 0 Å². The monoisotopic (exact) mass is 492 g/mol. The van der Waals surface area contributed by atoms with Crippen molar-refractivity contribution >= 4 is 48.3 Å². The maximum atomic E-state index is 12.8. The van der Waals surface area contributed by atoms with Crippen LogP contribution in [0.4, 0.5) is 0 Å². The fourth-order valence-corrected chi connectivity index (χ4v) is 2.88. The van der Waals surface area contributed by atoms with Crippen molar-refractivity contribution in [3.05, 3.63) is 0 Å². The van der Waals surface area contributed by atoms with Crippen molar-refractivity contribution in [2.75, 3.05) is 5.75 Å². The number of carbonyl (C=O) groups is 6. The van der Waals surface area contributed by atoms with Gasteiger partial charge >= 0.3 is 17.9 Å². The molecule has 14 heteroatoms. The molecule has 0 spiro atoms. The minimum absolute atomic E-state index is 0.134. The Morgan fingerprint density at radius 1 is 0.818 bits per heavy atom. The van der Waals surface area contributed by atoms with Gasteiger partial charge in [0.25, 0.3) is 0 Å². The van der Waals surface area contributed by atoms with Crippen molar-refractivity contribution in [3.63, 3.8) is 0 Å². The lowest BCUT2D eigenvalue weighted by Crippen LogP contribution is -2.59. The van der Waals surface area contributed by atoms with E-state index in [1.54, 1.807) is 13.8 Å². The van der Waals surface area contributed by atoms with Gasteiger partial charge in [0.2, 0.25) is 17.7 Å². The summed E-state index contributed by atoms with van der Waals surface area (Å²) in [6.07, 6.45) is -0.840. The lowest BCUT2D eigenvalue weighted by molar-refractivity contribution is -0.143. The van der Waals surface area contributed by atoms with Crippen LogP contribution < -0.4 is 21.7 Å². The van der Waals surface area contributed by atoms with Gasteiger partial charge in [-0.3, -0.25) is 24.0 Å². The molecule has 0 heterocycles. The van der Waals surface area contributed by atoms with Gasteiger partial charge in [-0.2, -0.15) is 12.6 Å². The van der Waals surface area contributed by atoms with E-state index in [1.807, 2.05) is 0 Å². The van der Waals surface area contributed by atoms with Crippen molar-refractivity contribution in [2.45, 2.75) is 70.1 Å². The number of thiol groups is 1. The second kappa shape index (κ2) is 15.1. The average molecular weight is 493 g/mol. The van der Waals surface area contributed by atoms with Crippen LogP contribution in [0.3, 0.4) is 0 Å². The third kappa shape index (κ3) is 11.5. The van der Waals surface area contributed by atoms with Gasteiger partial charge in [0.1, 0.15) is 18.1 Å². The maximum absolute atomic E-state index is 12.8. The van der Waals surface area contributed by atoms with E-state index in [9.17, 15) is 33.9 Å². The normalized spacial score (nSPS) is 15.3. The van der Waals surface area contributed by atoms with Crippen LogP contribution >= 0.6 is 12.6 Å². The molecule has 0 bridgehead atoms. The van der Waals surface area contributed by atoms with Crippen LogP contribution in [0.5, 0.6) is 0 Å². The minimum Gasteiger partial charge on any atom is -0.481 e. The fourth-order valence-electron chi connectivity index (χ4n) is 2.63. The van der Waals surface area contributed by atoms with Gasteiger partial charge in [-0.1, -0.05) is 20.3 Å². The molecule has 33 heavy (non-hydrogen) atoms. The quantitative estimate of drug-likeness (QED) is 0.117. The standard InChI is InChI=1S/C19H32N4O9S/c1-3-9(2)15(23-16(28)10(20)4-6-13(24)25)18(30)22-12(8-33)17(29)21-11(19(31)32)5-7-14(26)27/h9-12,15,33H,3-8,20H2,1-2H3,(H,21,29)(H,22,30)(H,23,28)(H,24,25)(H,26,27)(H,31,32). The molecule has 0 radical (unpaired) electrons. The van der Waals surface area contributed by atoms with Crippen molar-refractivity contribution in [1.29, 1.82) is 0 Å². The third-order valence-corrected chi connectivity index (χ3v) is 5.24. The summed E-state index contributed by atoms with van der Waals surface area (Å²) in [6.45, 7) is 3.44. The topological polar surface area (TPSA) is 225 Å². The van der Waals surface area contributed by atoms with E-state index in [1.165, 1.54) is 0 Å². The molecule has 3 amide bonds. The number of hydrogen-bond donors (Lipinski definition) is 8. The van der Waals surface area contributed by atoms with Gasteiger partial charge < -0.3 is 37.0 Å². The zero-order valence-electron chi connectivity index (χ0n) is 18.4. The summed E-state index contributed by atoms with van der Waals surface area (Å²) >= 11 is 4.00. The summed E-state index contributed by atoms with van der Waals surface area (Å²) in [5, 5.41) is 33.6. The summed E-state index contributed by atoms with van der Waals surface area (Å²) in [5.41, 5.74) is 5.68. The fraction of sp³-hybridized carbons (Fsp3) is 0.684. The highest BCUT2D eigenvalue weighted by molar-refractivity contribution is 7.80. The second-order valence-electron chi connectivity index (χ2n) is 7.49. The van der Waals surface area contributed by atoms with E-state index < -0.39 is 66.2 Å². The summed E-state index contributed by atoms with van der Waals surface area (Å²) in [4.78, 5) is 70.2. The summed E-state index contributed by atoms with van der Waals surface area (Å²) in [5.74, 6) is -6.74. The Morgan fingerprint density at radius 2 is 1.33 bits per heavy atom. The van der Waals surface area contributed by atoms with Crippen molar-refractivity contribution in [2.24, 2.45) is 11.7 Å². The molecule has 13 nitrogen and oxygen atoms in total. The minimum atomic E-state index is -1.48. The number of aliphatic carboxylic acids is 3. The van der Waals surface area contributed by atoms with Crippen molar-refractivity contribution < 1.29 is 44.1 Å². The average Bonchev–Trinajstić information content (AvgIpc) is 2.75. The Bertz CT molecular complexity index is 734. The van der Waals surface area contributed by atoms with E-state index in [0.717, 1.165) is 0 Å². The molecule has 0 aromatic rings. The Balaban J connectivity index is 5.27. The number of nitrogens with two attached hydrogens (primary N) is 1. The van der Waals surface area contributed by atoms with E-state index in [4.69, 9.17) is 15.9 Å². The van der Waals surface area contributed by atoms with E-state index in [2.05, 4.69) is 28.6 Å². The number of carboxylic acid groups (broad SMARTS) is 3. The van der Waals surface area contributed by atoms with Crippen LogP contribution in [0.25, 0.3) is 0 Å². The molecule has 0 aliphatic rings. The summed E-state index contributed by atoms with van der Waals surface area (Å²) < 4.78 is 0. The van der Waals surface area contributed by atoms with Crippen LogP contribution in [-0.2, 0) is 28.8 Å². The van der Waals surface area contributed by atoms with Gasteiger partial charge in [-0.05, 0) is 18.8 Å². The highest BCUT2D eigenvalue weighted by atomic mass is 32.1. The third-order valence-electron chi connectivity index (χ3n) is 4.88. The molecule has 0 rings (SSSR count). The van der Waals surface area contributed by atoms with Crippen molar-refractivity contribution in [1.82, 2.24) is 16.0 Å². The number of hydrogen-bond acceptors (Lipinski definition) is 8. The lowest BCUT2D eigenvalue weighted by atomic mass is 9.97. The Kier molecular flexibility index (Phi) is 13.7. The van der Waals surface area contributed by atoms with Crippen LogP contribution in [0, 0.1) is 5.92 Å². The Morgan fingerprint density at radius 3 is 1.79 bits per heavy atom. The first kappa shape index (κ1) is 30.1. The van der Waals surface area contributed by atoms with Crippen LogP contribution in [0.1, 0.15) is 46.0 Å². The summed E-state index contributed by atoms with van der Waals surface area (Å²) in [6, 6.07) is -5.01. The highest BCUT2D eigenvalue weighted by Crippen LogP contribution is 2.10. The van der Waals surface area contributed by atoms with E-state index in [0.29, 0.717) is 6.42 Å². The first-order valence-corrected chi connectivity index (χ1v) is 10.9. The highest BCUT2D eigenvalue weighted by Gasteiger charge is 2.32. The van der Waals surface area contributed by atoms with Crippen molar-refractivity contribution in [3.8, 4) is 0 Å². The molecule has 0 saturated carbocycles. The van der Waals surface area contributed by atoms with Crippen LogP contribution in [-0.4, -0.2) is 80.9 Å². The molecule has 0 aliphatic heterocycles. The van der Waals surface area contributed by atoms with E-state index >= 15 is 0 Å². The lowest BCUT2D eigenvalue weighted by Gasteiger charge is -2.27. The number of rotatable bonds is 16. The van der Waals surface area contributed by atoms with Crippen LogP contribution in [0.15, 0.2) is 0 Å². The maximum Gasteiger partial charge on any atom is 0.326 e. The zero-order valence-corrected chi connectivity index (χ0v) is 19.3. The Labute approximate surface area is 196 Å². The van der Waals surface area contributed by atoms with Gasteiger partial charge in [0, 0.05) is 18.6 Å². The molecule has 188 valence electrons. The summed E-state index contributed by atoms with van der Waals surface area (Å²) in [7, 11) is 0. The molecule has 8 N–H and O–H groups in total. The smallest absolute Gasteiger partial charge is 0.326 e. The largest absolute Gasteiger partial charge is 0.481 e. The van der Waals surface area contributed by atoms with Crippen LogP contribution in [0.2, 0.25) is 0 Å². The molecule has 0 fully saturated rings. The second-order valence-corrected chi connectivity index (χ2v) is 7.85. The molecule has 5 unspecified atom stereocenters. The van der Waals surface area contributed by atoms with Gasteiger partial charge in [0.05, 0.1) is 6.04 Å². The molecule has 0 aliphatic carbocycles. The number of carboxylic acids is 3. The number of amides is 3. The molecule has 0 aromatic heterocycles. The zero-order chi connectivity index (χ0) is 25.7. The predicted octanol–water partition coefficient (Wildman–Crippen LogP) is -1.44. The van der Waals surface area contributed by atoms with Gasteiger partial charge in [-0.25, -0.2) is 4.79 Å². The SMILES string of the molecule is CCC(C)C(NC(=O)C(N)CCC(=O)O)C(=O)NC(CS)C(=O)NC(CCC(=O)O)C(=O)O. The Hall–Kier alpha value is -2.87. The van der Waals surface area contributed by atoms with E-state index in [-0.39, 0.29) is 30.9 Å². The number of nitrogens with one attached hydrogen (secondary N) is 3. The molecule has 0 aromatic carbocycles. The molecule has 0 saturated heterocycles.